The lowest BCUT2D eigenvalue weighted by Crippen LogP contribution is -2.39. The summed E-state index contributed by atoms with van der Waals surface area (Å²) in [4.78, 5) is 23.0. The van der Waals surface area contributed by atoms with Crippen LogP contribution in [0.1, 0.15) is 9.67 Å². The molecule has 100 valence electrons. The number of carbonyl (C=O) groups is 2. The summed E-state index contributed by atoms with van der Waals surface area (Å²) < 4.78 is 0.940. The van der Waals surface area contributed by atoms with E-state index in [1.165, 1.54) is 11.3 Å². The van der Waals surface area contributed by atoms with Crippen molar-refractivity contribution in [3.05, 3.63) is 29.1 Å². The lowest BCUT2D eigenvalue weighted by Gasteiger charge is -2.06. The van der Waals surface area contributed by atoms with Crippen molar-refractivity contribution in [2.75, 3.05) is 12.3 Å². The molecule has 6 nitrogen and oxygen atoms in total. The topological polar surface area (TPSA) is 118 Å². The normalized spacial score (nSPS) is 12.3. The van der Waals surface area contributed by atoms with Crippen LogP contribution >= 0.6 is 11.3 Å². The highest BCUT2D eigenvalue weighted by atomic mass is 32.1. The van der Waals surface area contributed by atoms with Crippen LogP contribution in [0.25, 0.3) is 10.1 Å². The van der Waals surface area contributed by atoms with Gasteiger partial charge in [0.1, 0.15) is 6.10 Å². The molecule has 0 spiro atoms. The molecule has 1 aromatic heterocycles. The Kier molecular flexibility index (Phi) is 3.68. The zero-order valence-electron chi connectivity index (χ0n) is 9.92. The highest BCUT2D eigenvalue weighted by Gasteiger charge is 2.14. The molecule has 0 fully saturated rings. The van der Waals surface area contributed by atoms with Crippen molar-refractivity contribution in [2.45, 2.75) is 6.10 Å². The Hall–Kier alpha value is -2.12. The standard InChI is InChI=1S/C12H13N3O3S/c13-7-1-2-9-6(3-7)4-10(19-9)12(18)15-5-8(16)11(14)17/h1-4,8,16H,5,13H2,(H2,14,17)(H,15,18). The van der Waals surface area contributed by atoms with Crippen LogP contribution in [0.15, 0.2) is 24.3 Å². The second kappa shape index (κ2) is 5.25. The second-order valence-electron chi connectivity index (χ2n) is 4.04. The molecule has 2 rings (SSSR count). The minimum absolute atomic E-state index is 0.204. The molecule has 0 radical (unpaired) electrons. The van der Waals surface area contributed by atoms with Crippen LogP contribution in [-0.2, 0) is 4.79 Å². The number of hydrogen-bond donors (Lipinski definition) is 4. The maximum atomic E-state index is 11.8. The van der Waals surface area contributed by atoms with Crippen molar-refractivity contribution >= 4 is 38.9 Å². The van der Waals surface area contributed by atoms with Gasteiger partial charge in [0.2, 0.25) is 5.91 Å². The number of aliphatic hydroxyl groups excluding tert-OH is 1. The van der Waals surface area contributed by atoms with Crippen molar-refractivity contribution < 1.29 is 14.7 Å². The summed E-state index contributed by atoms with van der Waals surface area (Å²) in [6.45, 7) is -0.204. The summed E-state index contributed by atoms with van der Waals surface area (Å²) in [6.07, 6.45) is -1.38. The van der Waals surface area contributed by atoms with Crippen LogP contribution in [0.4, 0.5) is 5.69 Å². The first-order chi connectivity index (χ1) is 8.97. The van der Waals surface area contributed by atoms with E-state index in [-0.39, 0.29) is 12.5 Å². The number of aliphatic hydroxyl groups is 1. The molecule has 6 N–H and O–H groups in total. The van der Waals surface area contributed by atoms with Gasteiger partial charge in [-0.1, -0.05) is 0 Å². The van der Waals surface area contributed by atoms with Crippen molar-refractivity contribution in [1.29, 1.82) is 0 Å². The number of nitrogens with two attached hydrogens (primary N) is 2. The van der Waals surface area contributed by atoms with Gasteiger partial charge in [-0.3, -0.25) is 9.59 Å². The molecular formula is C12H13N3O3S. The van der Waals surface area contributed by atoms with Gasteiger partial charge in [0, 0.05) is 10.4 Å². The zero-order valence-corrected chi connectivity index (χ0v) is 10.7. The molecule has 1 aromatic carbocycles. The zero-order chi connectivity index (χ0) is 14.0. The third-order valence-corrected chi connectivity index (χ3v) is 3.66. The van der Waals surface area contributed by atoms with E-state index < -0.39 is 12.0 Å². The largest absolute Gasteiger partial charge is 0.399 e. The second-order valence-corrected chi connectivity index (χ2v) is 5.12. The van der Waals surface area contributed by atoms with Crippen LogP contribution in [0.3, 0.4) is 0 Å². The predicted molar refractivity (Wildman–Crippen MR) is 73.8 cm³/mol. The summed E-state index contributed by atoms with van der Waals surface area (Å²) >= 11 is 1.31. The van der Waals surface area contributed by atoms with Crippen molar-refractivity contribution in [3.63, 3.8) is 0 Å². The number of nitrogen functional groups attached to an aromatic ring is 1. The molecule has 0 aliphatic heterocycles. The van der Waals surface area contributed by atoms with Gasteiger partial charge in [-0.15, -0.1) is 11.3 Å². The maximum absolute atomic E-state index is 11.8. The lowest BCUT2D eigenvalue weighted by atomic mass is 10.2. The molecule has 19 heavy (non-hydrogen) atoms. The van der Waals surface area contributed by atoms with E-state index in [1.54, 1.807) is 18.2 Å². The number of fused-ring (bicyclic) bond motifs is 1. The van der Waals surface area contributed by atoms with Gasteiger partial charge >= 0.3 is 0 Å². The van der Waals surface area contributed by atoms with E-state index in [0.29, 0.717) is 10.6 Å². The van der Waals surface area contributed by atoms with Gasteiger partial charge < -0.3 is 21.9 Å². The Morgan fingerprint density at radius 1 is 1.37 bits per heavy atom. The lowest BCUT2D eigenvalue weighted by molar-refractivity contribution is -0.125. The van der Waals surface area contributed by atoms with Crippen LogP contribution in [0.5, 0.6) is 0 Å². The van der Waals surface area contributed by atoms with Crippen LogP contribution < -0.4 is 16.8 Å². The maximum Gasteiger partial charge on any atom is 0.261 e. The number of thiophene rings is 1. The fourth-order valence-corrected chi connectivity index (χ4v) is 2.51. The SMILES string of the molecule is NC(=O)C(O)CNC(=O)c1cc2cc(N)ccc2s1. The Bertz CT molecular complexity index is 638. The van der Waals surface area contributed by atoms with E-state index in [2.05, 4.69) is 5.32 Å². The summed E-state index contributed by atoms with van der Waals surface area (Å²) in [5.41, 5.74) is 11.2. The molecular weight excluding hydrogens is 266 g/mol. The molecule has 0 aliphatic carbocycles. The van der Waals surface area contributed by atoms with Crippen LogP contribution in [0.2, 0.25) is 0 Å². The molecule has 2 aromatic rings. The molecule has 0 saturated carbocycles. The van der Waals surface area contributed by atoms with E-state index in [0.717, 1.165) is 10.1 Å². The van der Waals surface area contributed by atoms with Crippen molar-refractivity contribution in [2.24, 2.45) is 5.73 Å². The average Bonchev–Trinajstić information content (AvgIpc) is 2.78. The molecule has 1 heterocycles. The number of anilines is 1. The quantitative estimate of drug-likeness (QED) is 0.592. The number of amides is 2. The molecule has 1 unspecified atom stereocenters. The number of primary amides is 1. The first kappa shape index (κ1) is 13.3. The fraction of sp³-hybridized carbons (Fsp3) is 0.167. The minimum Gasteiger partial charge on any atom is -0.399 e. The van der Waals surface area contributed by atoms with Gasteiger partial charge in [-0.2, -0.15) is 0 Å². The van der Waals surface area contributed by atoms with Gasteiger partial charge in [-0.25, -0.2) is 0 Å². The highest BCUT2D eigenvalue weighted by Crippen LogP contribution is 2.27. The Labute approximate surface area is 113 Å². The van der Waals surface area contributed by atoms with Crippen LogP contribution in [-0.4, -0.2) is 29.6 Å². The monoisotopic (exact) mass is 279 g/mol. The number of nitrogens with one attached hydrogen (secondary N) is 1. The van der Waals surface area contributed by atoms with Crippen molar-refractivity contribution in [3.8, 4) is 0 Å². The summed E-state index contributed by atoms with van der Waals surface area (Å²) in [6, 6.07) is 7.09. The van der Waals surface area contributed by atoms with Gasteiger partial charge in [0.25, 0.3) is 5.91 Å². The van der Waals surface area contributed by atoms with Crippen LogP contribution in [0, 0.1) is 0 Å². The molecule has 0 saturated heterocycles. The fourth-order valence-electron chi connectivity index (χ4n) is 1.55. The van der Waals surface area contributed by atoms with E-state index >= 15 is 0 Å². The summed E-state index contributed by atoms with van der Waals surface area (Å²) in [7, 11) is 0. The summed E-state index contributed by atoms with van der Waals surface area (Å²) in [5.74, 6) is -1.23. The number of hydrogen-bond acceptors (Lipinski definition) is 5. The smallest absolute Gasteiger partial charge is 0.261 e. The number of rotatable bonds is 4. The average molecular weight is 279 g/mol. The molecule has 0 aliphatic rings. The third kappa shape index (κ3) is 3.01. The molecule has 1 atom stereocenters. The minimum atomic E-state index is -1.38. The first-order valence-corrected chi connectivity index (χ1v) is 6.33. The molecule has 2 amide bonds. The highest BCUT2D eigenvalue weighted by molar-refractivity contribution is 7.20. The number of benzene rings is 1. The first-order valence-electron chi connectivity index (χ1n) is 5.52. The molecule has 0 bridgehead atoms. The Morgan fingerprint density at radius 3 is 2.79 bits per heavy atom. The molecule has 7 heteroatoms. The van der Waals surface area contributed by atoms with E-state index in [1.807, 2.05) is 6.07 Å². The van der Waals surface area contributed by atoms with Crippen molar-refractivity contribution in [1.82, 2.24) is 5.32 Å². The third-order valence-electron chi connectivity index (χ3n) is 2.55. The number of carbonyl (C=O) groups excluding carboxylic acids is 2. The predicted octanol–water partition coefficient (Wildman–Crippen LogP) is 0.0595. The summed E-state index contributed by atoms with van der Waals surface area (Å²) in [5, 5.41) is 12.5. The van der Waals surface area contributed by atoms with E-state index in [9.17, 15) is 14.7 Å². The van der Waals surface area contributed by atoms with Gasteiger partial charge in [-0.05, 0) is 29.7 Å². The Balaban J connectivity index is 2.11. The van der Waals surface area contributed by atoms with Gasteiger partial charge in [0.15, 0.2) is 0 Å². The van der Waals surface area contributed by atoms with E-state index in [4.69, 9.17) is 11.5 Å². The van der Waals surface area contributed by atoms with Gasteiger partial charge in [0.05, 0.1) is 11.4 Å². The Morgan fingerprint density at radius 2 is 2.11 bits per heavy atom.